The molecule has 0 aromatic heterocycles. The summed E-state index contributed by atoms with van der Waals surface area (Å²) in [6.45, 7) is 0. The average Bonchev–Trinajstić information content (AvgIpc) is 2.79. The summed E-state index contributed by atoms with van der Waals surface area (Å²) < 4.78 is 28.0. The highest BCUT2D eigenvalue weighted by atomic mass is 32.2. The Balaban J connectivity index is 1.95. The average molecular weight is 470 g/mol. The van der Waals surface area contributed by atoms with Crippen LogP contribution in [0.3, 0.4) is 0 Å². The lowest BCUT2D eigenvalue weighted by atomic mass is 10.0. The molecular formula is C23H23N3O4S2. The van der Waals surface area contributed by atoms with E-state index in [2.05, 4.69) is 22.7 Å². The van der Waals surface area contributed by atoms with Crippen LogP contribution < -0.4 is 15.8 Å². The maximum Gasteiger partial charge on any atom is 0.242 e. The number of anilines is 2. The fourth-order valence-corrected chi connectivity index (χ4v) is 4.34. The maximum atomic E-state index is 13.2. The summed E-state index contributed by atoms with van der Waals surface area (Å²) in [7, 11) is -3.80. The fraction of sp³-hybridized carbons (Fsp3) is 0.130. The van der Waals surface area contributed by atoms with E-state index in [1.165, 1.54) is 18.2 Å². The highest BCUT2D eigenvalue weighted by Gasteiger charge is 2.20. The van der Waals surface area contributed by atoms with Crippen LogP contribution in [0.15, 0.2) is 78.9 Å². The smallest absolute Gasteiger partial charge is 0.242 e. The van der Waals surface area contributed by atoms with Crippen LogP contribution in [0.25, 0.3) is 0 Å². The lowest BCUT2D eigenvalue weighted by Crippen LogP contribution is -2.37. The van der Waals surface area contributed by atoms with E-state index in [0.29, 0.717) is 16.8 Å². The fourth-order valence-electron chi connectivity index (χ4n) is 2.96. The molecule has 0 saturated heterocycles. The number of amides is 1. The van der Waals surface area contributed by atoms with E-state index >= 15 is 0 Å². The number of hydrogen-bond donors (Lipinski definition) is 4. The highest BCUT2D eigenvalue weighted by molar-refractivity contribution is 7.91. The molecule has 0 radical (unpaired) electrons. The molecule has 1 atom stereocenters. The molecule has 0 spiro atoms. The Kier molecular flexibility index (Phi) is 7.68. The quantitative estimate of drug-likeness (QED) is 0.284. The number of nitrogens with one attached hydrogen (secondary N) is 2. The molecule has 4 N–H and O–H groups in total. The van der Waals surface area contributed by atoms with Crippen molar-refractivity contribution >= 4 is 45.7 Å². The highest BCUT2D eigenvalue weighted by Crippen LogP contribution is 2.25. The predicted octanol–water partition coefficient (Wildman–Crippen LogP) is 3.06. The number of thiol groups is 1. The molecule has 3 rings (SSSR count). The van der Waals surface area contributed by atoms with Crippen molar-refractivity contribution in [1.29, 1.82) is 0 Å². The van der Waals surface area contributed by atoms with E-state index in [1.807, 2.05) is 0 Å². The number of nitrogens with two attached hydrogens (primary N) is 1. The van der Waals surface area contributed by atoms with Crippen molar-refractivity contribution in [2.45, 2.75) is 11.8 Å². The number of rotatable bonds is 9. The van der Waals surface area contributed by atoms with E-state index in [9.17, 15) is 18.0 Å². The van der Waals surface area contributed by atoms with Crippen LogP contribution in [0.4, 0.5) is 11.4 Å². The third-order valence-corrected chi connectivity index (χ3v) is 6.20. The first-order valence-electron chi connectivity index (χ1n) is 9.74. The molecule has 166 valence electrons. The first kappa shape index (κ1) is 23.5. The summed E-state index contributed by atoms with van der Waals surface area (Å²) in [5.41, 5.74) is 7.22. The molecule has 3 aromatic rings. The molecule has 0 bridgehead atoms. The van der Waals surface area contributed by atoms with Gasteiger partial charge in [0.25, 0.3) is 0 Å². The van der Waals surface area contributed by atoms with Crippen LogP contribution in [0.5, 0.6) is 0 Å². The van der Waals surface area contributed by atoms with Crippen molar-refractivity contribution in [2.75, 3.05) is 15.8 Å². The largest absolute Gasteiger partial charge is 0.325 e. The summed E-state index contributed by atoms with van der Waals surface area (Å²) in [5, 5.41) is 2.63. The van der Waals surface area contributed by atoms with Gasteiger partial charge in [0.2, 0.25) is 15.9 Å². The zero-order valence-corrected chi connectivity index (χ0v) is 18.8. The van der Waals surface area contributed by atoms with E-state index in [1.54, 1.807) is 60.7 Å². The van der Waals surface area contributed by atoms with E-state index in [4.69, 9.17) is 5.73 Å². The third-order valence-electron chi connectivity index (χ3n) is 4.57. The van der Waals surface area contributed by atoms with E-state index in [-0.39, 0.29) is 22.8 Å². The Morgan fingerprint density at radius 3 is 2.19 bits per heavy atom. The summed E-state index contributed by atoms with van der Waals surface area (Å²) >= 11 is 4.01. The molecule has 0 aliphatic rings. The van der Waals surface area contributed by atoms with Crippen molar-refractivity contribution in [1.82, 2.24) is 0 Å². The van der Waals surface area contributed by atoms with Gasteiger partial charge in [-0.15, -0.1) is 0 Å². The molecule has 0 unspecified atom stereocenters. The Morgan fingerprint density at radius 2 is 1.56 bits per heavy atom. The molecule has 0 saturated carbocycles. The SMILES string of the molecule is N[C@@H](CS)C(=O)Nc1ccc(NS(=O)(=O)Cc2ccccc2)c(C(=O)c2ccccc2)c1. The Hall–Kier alpha value is -3.14. The van der Waals surface area contributed by atoms with Crippen molar-refractivity contribution < 1.29 is 18.0 Å². The normalized spacial score (nSPS) is 12.1. The van der Waals surface area contributed by atoms with Crippen LogP contribution in [-0.2, 0) is 20.6 Å². The summed E-state index contributed by atoms with van der Waals surface area (Å²) in [4.78, 5) is 25.3. The van der Waals surface area contributed by atoms with Gasteiger partial charge in [0.05, 0.1) is 17.5 Å². The van der Waals surface area contributed by atoms with Gasteiger partial charge in [-0.25, -0.2) is 8.42 Å². The van der Waals surface area contributed by atoms with Crippen molar-refractivity contribution in [3.05, 3.63) is 95.6 Å². The van der Waals surface area contributed by atoms with E-state index in [0.717, 1.165) is 0 Å². The van der Waals surface area contributed by atoms with Gasteiger partial charge in [-0.2, -0.15) is 12.6 Å². The van der Waals surface area contributed by atoms with Crippen LogP contribution in [-0.4, -0.2) is 31.9 Å². The van der Waals surface area contributed by atoms with Gasteiger partial charge in [-0.1, -0.05) is 60.7 Å². The van der Waals surface area contributed by atoms with Gasteiger partial charge in [-0.05, 0) is 23.8 Å². The topological polar surface area (TPSA) is 118 Å². The number of hydrogen-bond acceptors (Lipinski definition) is 6. The second-order valence-corrected chi connectivity index (χ2v) is 9.17. The number of sulfonamides is 1. The second-order valence-electron chi connectivity index (χ2n) is 7.08. The van der Waals surface area contributed by atoms with Gasteiger partial charge >= 0.3 is 0 Å². The minimum Gasteiger partial charge on any atom is -0.325 e. The van der Waals surface area contributed by atoms with E-state index < -0.39 is 27.8 Å². The zero-order valence-electron chi connectivity index (χ0n) is 17.1. The minimum atomic E-state index is -3.80. The van der Waals surface area contributed by atoms with Crippen molar-refractivity contribution in [2.24, 2.45) is 5.73 Å². The van der Waals surface area contributed by atoms with Crippen LogP contribution in [0.1, 0.15) is 21.5 Å². The third kappa shape index (κ3) is 6.19. The lowest BCUT2D eigenvalue weighted by Gasteiger charge is -2.15. The van der Waals surface area contributed by atoms with Gasteiger partial charge < -0.3 is 11.1 Å². The molecule has 1 amide bonds. The molecule has 7 nitrogen and oxygen atoms in total. The molecule has 0 aliphatic carbocycles. The maximum absolute atomic E-state index is 13.2. The molecule has 3 aromatic carbocycles. The first-order chi connectivity index (χ1) is 15.3. The Bertz CT molecular complexity index is 1200. The number of carbonyl (C=O) groups excluding carboxylic acids is 2. The molecule has 0 fully saturated rings. The van der Waals surface area contributed by atoms with Crippen LogP contribution in [0.2, 0.25) is 0 Å². The summed E-state index contributed by atoms with van der Waals surface area (Å²) in [6.07, 6.45) is 0. The molecule has 9 heteroatoms. The number of ketones is 1. The second kappa shape index (κ2) is 10.4. The van der Waals surface area contributed by atoms with Crippen LogP contribution >= 0.6 is 12.6 Å². The Labute approximate surface area is 192 Å². The van der Waals surface area contributed by atoms with Gasteiger partial charge in [0.1, 0.15) is 0 Å². The summed E-state index contributed by atoms with van der Waals surface area (Å²) in [6, 6.07) is 20.7. The minimum absolute atomic E-state index is 0.102. The van der Waals surface area contributed by atoms with Crippen molar-refractivity contribution in [3.8, 4) is 0 Å². The molecule has 0 aliphatic heterocycles. The van der Waals surface area contributed by atoms with Crippen molar-refractivity contribution in [3.63, 3.8) is 0 Å². The number of carbonyl (C=O) groups is 2. The summed E-state index contributed by atoms with van der Waals surface area (Å²) in [5.74, 6) is -0.950. The molecule has 32 heavy (non-hydrogen) atoms. The zero-order chi connectivity index (χ0) is 23.1. The van der Waals surface area contributed by atoms with Gasteiger partial charge in [0.15, 0.2) is 5.78 Å². The Morgan fingerprint density at radius 1 is 0.938 bits per heavy atom. The first-order valence-corrected chi connectivity index (χ1v) is 12.0. The molecule has 0 heterocycles. The van der Waals surface area contributed by atoms with Gasteiger partial charge in [0, 0.05) is 22.6 Å². The molecular weight excluding hydrogens is 446 g/mol. The van der Waals surface area contributed by atoms with Gasteiger partial charge in [-0.3, -0.25) is 14.3 Å². The number of benzene rings is 3. The lowest BCUT2D eigenvalue weighted by molar-refractivity contribution is -0.116. The monoisotopic (exact) mass is 469 g/mol. The predicted molar refractivity (Wildman–Crippen MR) is 129 cm³/mol. The standard InChI is InChI=1S/C23H23N3O4S2/c24-20(14-31)23(28)25-18-11-12-21(19(13-18)22(27)17-9-5-2-6-10-17)26-32(29,30)15-16-7-3-1-4-8-16/h1-13,20,26,31H,14-15,24H2,(H,25,28)/t20-/m0/s1. The van der Waals surface area contributed by atoms with Crippen LogP contribution in [0, 0.1) is 0 Å².